The van der Waals surface area contributed by atoms with E-state index in [1.165, 1.54) is 0 Å². The Morgan fingerprint density at radius 1 is 1.18 bits per heavy atom. The molecule has 0 aliphatic rings. The van der Waals surface area contributed by atoms with E-state index in [1.54, 1.807) is 26.0 Å². The molecule has 0 aliphatic heterocycles. The number of ether oxygens (including phenoxy) is 1. The fourth-order valence-corrected chi connectivity index (χ4v) is 3.46. The molecule has 5 nitrogen and oxygen atoms in total. The summed E-state index contributed by atoms with van der Waals surface area (Å²) in [6.45, 7) is 7.77. The normalized spacial score (nSPS) is 13.1. The number of rotatable bonds is 8. The van der Waals surface area contributed by atoms with Crippen molar-refractivity contribution in [3.05, 3.63) is 29.8 Å². The quantitative estimate of drug-likeness (QED) is 0.689. The minimum Gasteiger partial charge on any atom is -0.465 e. The Kier molecular flexibility index (Phi) is 7.03. The summed E-state index contributed by atoms with van der Waals surface area (Å²) in [5.74, 6) is -0.150. The molecule has 6 heteroatoms. The molecule has 0 amide bonds. The van der Waals surface area contributed by atoms with Gasteiger partial charge in [0.15, 0.2) is 0 Å². The molecular weight excluding hydrogens is 302 g/mol. The molecule has 0 bridgehead atoms. The standard InChI is InChI=1S/C16H25NO4S/c1-5-13(4)14-8-10-15(11-9-14)22(19,20)17(6-2)12-16(18)21-7-3/h8-11,13H,5-7,12H2,1-4H3. The lowest BCUT2D eigenvalue weighted by molar-refractivity contribution is -0.143. The number of carbonyl (C=O) groups is 1. The minimum atomic E-state index is -3.68. The third kappa shape index (κ3) is 4.55. The lowest BCUT2D eigenvalue weighted by Crippen LogP contribution is -2.36. The number of esters is 1. The van der Waals surface area contributed by atoms with E-state index < -0.39 is 16.0 Å². The average molecular weight is 327 g/mol. The van der Waals surface area contributed by atoms with Crippen LogP contribution in [-0.2, 0) is 19.6 Å². The molecule has 0 spiro atoms. The average Bonchev–Trinajstić information content (AvgIpc) is 2.52. The fraction of sp³-hybridized carbons (Fsp3) is 0.562. The molecule has 1 aromatic carbocycles. The molecule has 22 heavy (non-hydrogen) atoms. The van der Waals surface area contributed by atoms with Gasteiger partial charge in [-0.25, -0.2) is 8.42 Å². The smallest absolute Gasteiger partial charge is 0.321 e. The van der Waals surface area contributed by atoms with Crippen LogP contribution in [-0.4, -0.2) is 38.4 Å². The van der Waals surface area contributed by atoms with E-state index in [-0.39, 0.29) is 24.6 Å². The summed E-state index contributed by atoms with van der Waals surface area (Å²) in [4.78, 5) is 11.7. The van der Waals surface area contributed by atoms with Crippen molar-refractivity contribution in [2.45, 2.75) is 44.9 Å². The van der Waals surface area contributed by atoms with Crippen molar-refractivity contribution in [1.82, 2.24) is 4.31 Å². The van der Waals surface area contributed by atoms with Crippen molar-refractivity contribution in [3.63, 3.8) is 0 Å². The minimum absolute atomic E-state index is 0.200. The van der Waals surface area contributed by atoms with Crippen molar-refractivity contribution in [2.24, 2.45) is 0 Å². The van der Waals surface area contributed by atoms with E-state index in [0.717, 1.165) is 16.3 Å². The fourth-order valence-electron chi connectivity index (χ4n) is 2.07. The second kappa shape index (κ2) is 8.29. The van der Waals surface area contributed by atoms with Crippen LogP contribution in [0.15, 0.2) is 29.2 Å². The van der Waals surface area contributed by atoms with Gasteiger partial charge in [0.05, 0.1) is 11.5 Å². The third-order valence-corrected chi connectivity index (χ3v) is 5.60. The summed E-state index contributed by atoms with van der Waals surface area (Å²) in [6, 6.07) is 6.87. The van der Waals surface area contributed by atoms with E-state index in [4.69, 9.17) is 4.74 Å². The molecule has 0 saturated heterocycles. The number of sulfonamides is 1. The molecule has 1 unspecified atom stereocenters. The van der Waals surface area contributed by atoms with Crippen LogP contribution in [0.25, 0.3) is 0 Å². The van der Waals surface area contributed by atoms with E-state index in [9.17, 15) is 13.2 Å². The lowest BCUT2D eigenvalue weighted by Gasteiger charge is -2.20. The number of nitrogens with zero attached hydrogens (tertiary/aromatic N) is 1. The van der Waals surface area contributed by atoms with Crippen LogP contribution in [0.5, 0.6) is 0 Å². The predicted molar refractivity (Wildman–Crippen MR) is 86.2 cm³/mol. The Labute approximate surface area is 133 Å². The van der Waals surface area contributed by atoms with E-state index in [0.29, 0.717) is 5.92 Å². The molecule has 1 rings (SSSR count). The first-order valence-electron chi connectivity index (χ1n) is 7.62. The number of hydrogen-bond acceptors (Lipinski definition) is 4. The maximum absolute atomic E-state index is 12.6. The van der Waals surface area contributed by atoms with Crippen molar-refractivity contribution in [3.8, 4) is 0 Å². The van der Waals surface area contributed by atoms with Crippen LogP contribution < -0.4 is 0 Å². The SMILES string of the molecule is CCOC(=O)CN(CC)S(=O)(=O)c1ccc(C(C)CC)cc1. The second-order valence-electron chi connectivity index (χ2n) is 5.11. The summed E-state index contributed by atoms with van der Waals surface area (Å²) < 4.78 is 31.1. The van der Waals surface area contributed by atoms with Gasteiger partial charge in [-0.1, -0.05) is 32.9 Å². The van der Waals surface area contributed by atoms with Crippen LogP contribution >= 0.6 is 0 Å². The lowest BCUT2D eigenvalue weighted by atomic mass is 9.99. The molecule has 0 heterocycles. The van der Waals surface area contributed by atoms with Gasteiger partial charge in [-0.05, 0) is 37.0 Å². The van der Waals surface area contributed by atoms with Gasteiger partial charge >= 0.3 is 5.97 Å². The van der Waals surface area contributed by atoms with E-state index in [2.05, 4.69) is 13.8 Å². The zero-order valence-corrected chi connectivity index (χ0v) is 14.5. The second-order valence-corrected chi connectivity index (χ2v) is 7.05. The summed E-state index contributed by atoms with van der Waals surface area (Å²) >= 11 is 0. The van der Waals surface area contributed by atoms with Crippen LogP contribution in [0.4, 0.5) is 0 Å². The van der Waals surface area contributed by atoms with Gasteiger partial charge in [-0.15, -0.1) is 0 Å². The molecule has 0 radical (unpaired) electrons. The van der Waals surface area contributed by atoms with Crippen LogP contribution in [0.3, 0.4) is 0 Å². The molecule has 0 saturated carbocycles. The maximum atomic E-state index is 12.6. The zero-order chi connectivity index (χ0) is 16.8. The Bertz CT molecular complexity index is 581. The highest BCUT2D eigenvalue weighted by Crippen LogP contribution is 2.22. The van der Waals surface area contributed by atoms with Gasteiger partial charge < -0.3 is 4.74 Å². The highest BCUT2D eigenvalue weighted by molar-refractivity contribution is 7.89. The predicted octanol–water partition coefficient (Wildman–Crippen LogP) is 2.77. The molecule has 0 fully saturated rings. The molecule has 1 atom stereocenters. The number of benzene rings is 1. The summed E-state index contributed by atoms with van der Waals surface area (Å²) in [5.41, 5.74) is 1.11. The molecular formula is C16H25NO4S. The molecule has 0 aliphatic carbocycles. The number of likely N-dealkylation sites (N-methyl/N-ethyl adjacent to an activating group) is 1. The highest BCUT2D eigenvalue weighted by atomic mass is 32.2. The van der Waals surface area contributed by atoms with Crippen LogP contribution in [0, 0.1) is 0 Å². The van der Waals surface area contributed by atoms with E-state index in [1.807, 2.05) is 12.1 Å². The summed E-state index contributed by atoms with van der Waals surface area (Å²) in [7, 11) is -3.68. The van der Waals surface area contributed by atoms with Crippen molar-refractivity contribution in [1.29, 1.82) is 0 Å². The maximum Gasteiger partial charge on any atom is 0.321 e. The number of hydrogen-bond donors (Lipinski definition) is 0. The van der Waals surface area contributed by atoms with Crippen molar-refractivity contribution >= 4 is 16.0 Å². The van der Waals surface area contributed by atoms with Crippen LogP contribution in [0.2, 0.25) is 0 Å². The highest BCUT2D eigenvalue weighted by Gasteiger charge is 2.25. The Hall–Kier alpha value is -1.40. The summed E-state index contributed by atoms with van der Waals surface area (Å²) in [5, 5.41) is 0. The Morgan fingerprint density at radius 3 is 2.23 bits per heavy atom. The van der Waals surface area contributed by atoms with E-state index >= 15 is 0 Å². The largest absolute Gasteiger partial charge is 0.465 e. The van der Waals surface area contributed by atoms with Gasteiger partial charge in [0.2, 0.25) is 10.0 Å². The van der Waals surface area contributed by atoms with Crippen LogP contribution in [0.1, 0.15) is 45.6 Å². The third-order valence-electron chi connectivity index (χ3n) is 3.66. The van der Waals surface area contributed by atoms with Gasteiger partial charge in [0.25, 0.3) is 0 Å². The first-order chi connectivity index (χ1) is 10.4. The van der Waals surface area contributed by atoms with Gasteiger partial charge in [0.1, 0.15) is 6.54 Å². The molecule has 0 aromatic heterocycles. The van der Waals surface area contributed by atoms with Gasteiger partial charge in [-0.2, -0.15) is 4.31 Å². The first-order valence-corrected chi connectivity index (χ1v) is 9.06. The molecule has 1 aromatic rings. The molecule has 124 valence electrons. The Morgan fingerprint density at radius 2 is 1.77 bits per heavy atom. The Balaban J connectivity index is 2.98. The van der Waals surface area contributed by atoms with Crippen molar-refractivity contribution < 1.29 is 17.9 Å². The zero-order valence-electron chi connectivity index (χ0n) is 13.7. The molecule has 0 N–H and O–H groups in total. The number of carbonyl (C=O) groups excluding carboxylic acids is 1. The van der Waals surface area contributed by atoms with Crippen molar-refractivity contribution in [2.75, 3.05) is 19.7 Å². The first kappa shape index (κ1) is 18.6. The summed E-state index contributed by atoms with van der Waals surface area (Å²) in [6.07, 6.45) is 0.996. The monoisotopic (exact) mass is 327 g/mol. The van der Waals surface area contributed by atoms with Gasteiger partial charge in [0, 0.05) is 6.54 Å². The topological polar surface area (TPSA) is 63.7 Å². The van der Waals surface area contributed by atoms with Gasteiger partial charge in [-0.3, -0.25) is 4.79 Å².